The maximum atomic E-state index is 11.8. The van der Waals surface area contributed by atoms with Gasteiger partial charge >= 0.3 is 0 Å². The first-order chi connectivity index (χ1) is 13.6. The van der Waals surface area contributed by atoms with E-state index in [1.807, 2.05) is 62.4 Å². The van der Waals surface area contributed by atoms with E-state index in [1.165, 1.54) is 5.56 Å². The molecule has 0 saturated carbocycles. The number of hydrogen-bond acceptors (Lipinski definition) is 3. The van der Waals surface area contributed by atoms with Crippen LogP contribution in [-0.2, 0) is 6.54 Å². The van der Waals surface area contributed by atoms with Crippen LogP contribution in [0.15, 0.2) is 53.5 Å². The lowest BCUT2D eigenvalue weighted by Crippen LogP contribution is -2.39. The number of rotatable bonds is 9. The molecule has 0 aliphatic heterocycles. The molecule has 29 heavy (non-hydrogen) atoms. The van der Waals surface area contributed by atoms with E-state index in [1.54, 1.807) is 0 Å². The zero-order valence-electron chi connectivity index (χ0n) is 17.3. The number of halogens is 1. The molecule has 0 spiro atoms. The molecule has 0 atom stereocenters. The van der Waals surface area contributed by atoms with Gasteiger partial charge in [-0.2, -0.15) is 0 Å². The largest absolute Gasteiger partial charge is 0.492 e. The van der Waals surface area contributed by atoms with Gasteiger partial charge < -0.3 is 20.7 Å². The van der Waals surface area contributed by atoms with Gasteiger partial charge in [0, 0.05) is 18.7 Å². The highest BCUT2D eigenvalue weighted by molar-refractivity contribution is 14.0. The van der Waals surface area contributed by atoms with Crippen molar-refractivity contribution in [3.05, 3.63) is 65.2 Å². The van der Waals surface area contributed by atoms with E-state index in [0.29, 0.717) is 31.8 Å². The molecule has 0 fully saturated rings. The van der Waals surface area contributed by atoms with E-state index in [2.05, 4.69) is 27.9 Å². The van der Waals surface area contributed by atoms with Gasteiger partial charge in [0.25, 0.3) is 5.91 Å². The molecule has 1 amide bonds. The maximum absolute atomic E-state index is 11.8. The Morgan fingerprint density at radius 2 is 1.59 bits per heavy atom. The van der Waals surface area contributed by atoms with E-state index in [0.717, 1.165) is 23.8 Å². The van der Waals surface area contributed by atoms with Gasteiger partial charge in [-0.3, -0.25) is 4.79 Å². The average molecular weight is 510 g/mol. The van der Waals surface area contributed by atoms with E-state index >= 15 is 0 Å². The fourth-order valence-corrected chi connectivity index (χ4v) is 2.51. The number of hydrogen-bond donors (Lipinski definition) is 3. The normalized spacial score (nSPS) is 10.7. The summed E-state index contributed by atoms with van der Waals surface area (Å²) < 4.78 is 5.72. The summed E-state index contributed by atoms with van der Waals surface area (Å²) in [6.07, 6.45) is 0. The fraction of sp³-hybridized carbons (Fsp3) is 0.364. The molecule has 0 aliphatic carbocycles. The molecule has 0 aromatic heterocycles. The molecule has 0 radical (unpaired) electrons. The van der Waals surface area contributed by atoms with Gasteiger partial charge in [-0.1, -0.05) is 29.8 Å². The van der Waals surface area contributed by atoms with Crippen molar-refractivity contribution in [3.63, 3.8) is 0 Å². The summed E-state index contributed by atoms with van der Waals surface area (Å²) in [6, 6.07) is 15.5. The second-order valence-electron chi connectivity index (χ2n) is 6.34. The topological polar surface area (TPSA) is 74.8 Å². The molecule has 0 heterocycles. The molecule has 158 valence electrons. The zero-order valence-corrected chi connectivity index (χ0v) is 19.7. The molecule has 0 saturated heterocycles. The Morgan fingerprint density at radius 1 is 0.931 bits per heavy atom. The van der Waals surface area contributed by atoms with E-state index in [9.17, 15) is 4.79 Å². The highest BCUT2D eigenvalue weighted by atomic mass is 127. The molecule has 2 aromatic rings. The van der Waals surface area contributed by atoms with Crippen LogP contribution in [0.25, 0.3) is 0 Å². The van der Waals surface area contributed by atoms with E-state index < -0.39 is 0 Å². The number of nitrogens with one attached hydrogen (secondary N) is 3. The van der Waals surface area contributed by atoms with Crippen LogP contribution in [0.5, 0.6) is 5.75 Å². The quantitative estimate of drug-likeness (QED) is 0.209. The minimum absolute atomic E-state index is 0. The Balaban J connectivity index is 0.00000420. The predicted octanol–water partition coefficient (Wildman–Crippen LogP) is 3.50. The van der Waals surface area contributed by atoms with Crippen molar-refractivity contribution in [2.24, 2.45) is 4.99 Å². The Hall–Kier alpha value is -2.29. The molecule has 0 bridgehead atoms. The Kier molecular flexibility index (Phi) is 11.8. The lowest BCUT2D eigenvalue weighted by atomic mass is 10.1. The van der Waals surface area contributed by atoms with Gasteiger partial charge in [-0.25, -0.2) is 4.99 Å². The average Bonchev–Trinajstić information content (AvgIpc) is 2.71. The van der Waals surface area contributed by atoms with Gasteiger partial charge in [0.15, 0.2) is 5.96 Å². The van der Waals surface area contributed by atoms with Crippen LogP contribution in [0, 0.1) is 6.92 Å². The Labute approximate surface area is 190 Å². The molecular formula is C22H31IN4O2. The first-order valence-corrected chi connectivity index (χ1v) is 9.71. The minimum atomic E-state index is -0.0545. The summed E-state index contributed by atoms with van der Waals surface area (Å²) in [7, 11) is 0. The first kappa shape index (κ1) is 24.7. The van der Waals surface area contributed by atoms with Crippen molar-refractivity contribution in [1.29, 1.82) is 0 Å². The van der Waals surface area contributed by atoms with Crippen molar-refractivity contribution in [2.45, 2.75) is 27.3 Å². The molecule has 0 unspecified atom stereocenters. The monoisotopic (exact) mass is 510 g/mol. The molecule has 3 N–H and O–H groups in total. The number of amides is 1. The van der Waals surface area contributed by atoms with Crippen molar-refractivity contribution in [1.82, 2.24) is 16.0 Å². The van der Waals surface area contributed by atoms with Crippen LogP contribution in [-0.4, -0.2) is 38.1 Å². The number of carbonyl (C=O) groups excluding carboxylic acids is 1. The number of guanidine groups is 1. The molecule has 2 aromatic carbocycles. The zero-order chi connectivity index (χ0) is 20.2. The van der Waals surface area contributed by atoms with Crippen LogP contribution in [0.4, 0.5) is 0 Å². The van der Waals surface area contributed by atoms with Crippen LogP contribution in [0.2, 0.25) is 0 Å². The number of benzene rings is 2. The number of nitrogens with zero attached hydrogens (tertiary/aromatic N) is 1. The van der Waals surface area contributed by atoms with Gasteiger partial charge in [-0.05, 0) is 50.6 Å². The lowest BCUT2D eigenvalue weighted by Gasteiger charge is -2.12. The smallest absolute Gasteiger partial charge is 0.251 e. The molecule has 6 nitrogen and oxygen atoms in total. The summed E-state index contributed by atoms with van der Waals surface area (Å²) in [6.45, 7) is 9.12. The van der Waals surface area contributed by atoms with Gasteiger partial charge in [-0.15, -0.1) is 24.0 Å². The fourth-order valence-electron chi connectivity index (χ4n) is 2.51. The highest BCUT2D eigenvalue weighted by Gasteiger charge is 2.04. The highest BCUT2D eigenvalue weighted by Crippen LogP contribution is 2.10. The SMILES string of the molecule is CCNC(=O)c1ccc(CN=C(NCC)NCCOc2ccc(C)cc2)cc1.I. The molecular weight excluding hydrogens is 479 g/mol. The lowest BCUT2D eigenvalue weighted by molar-refractivity contribution is 0.0956. The summed E-state index contributed by atoms with van der Waals surface area (Å²) >= 11 is 0. The minimum Gasteiger partial charge on any atom is -0.492 e. The maximum Gasteiger partial charge on any atom is 0.251 e. The van der Waals surface area contributed by atoms with Crippen LogP contribution < -0.4 is 20.7 Å². The Bertz CT molecular complexity index is 761. The van der Waals surface area contributed by atoms with Crippen molar-refractivity contribution in [3.8, 4) is 5.75 Å². The van der Waals surface area contributed by atoms with Crippen LogP contribution >= 0.6 is 24.0 Å². The third-order valence-corrected chi connectivity index (χ3v) is 4.00. The molecule has 0 aliphatic rings. The van der Waals surface area contributed by atoms with Gasteiger partial charge in [0.2, 0.25) is 0 Å². The molecule has 2 rings (SSSR count). The van der Waals surface area contributed by atoms with Crippen LogP contribution in [0.3, 0.4) is 0 Å². The van der Waals surface area contributed by atoms with Crippen LogP contribution in [0.1, 0.15) is 35.3 Å². The predicted molar refractivity (Wildman–Crippen MR) is 129 cm³/mol. The standard InChI is InChI=1S/C22H30N4O2.HI/c1-4-23-21(27)19-10-8-18(9-11-19)16-26-22(24-5-2)25-14-15-28-20-12-6-17(3)7-13-20;/h6-13H,4-5,14-16H2,1-3H3,(H,23,27)(H2,24,25,26);1H. The van der Waals surface area contributed by atoms with Gasteiger partial charge in [0.1, 0.15) is 12.4 Å². The summed E-state index contributed by atoms with van der Waals surface area (Å²) in [5.41, 5.74) is 2.92. The third-order valence-electron chi connectivity index (χ3n) is 4.00. The summed E-state index contributed by atoms with van der Waals surface area (Å²) in [5.74, 6) is 1.55. The second kappa shape index (κ2) is 13.8. The second-order valence-corrected chi connectivity index (χ2v) is 6.34. The third kappa shape index (κ3) is 9.17. The van der Waals surface area contributed by atoms with Crippen molar-refractivity contribution < 1.29 is 9.53 Å². The molecule has 7 heteroatoms. The number of ether oxygens (including phenoxy) is 1. The van der Waals surface area contributed by atoms with E-state index in [-0.39, 0.29) is 29.9 Å². The number of carbonyl (C=O) groups is 1. The first-order valence-electron chi connectivity index (χ1n) is 9.71. The van der Waals surface area contributed by atoms with E-state index in [4.69, 9.17) is 4.74 Å². The Morgan fingerprint density at radius 3 is 2.21 bits per heavy atom. The summed E-state index contributed by atoms with van der Waals surface area (Å²) in [5, 5.41) is 9.29. The van der Waals surface area contributed by atoms with Crippen molar-refractivity contribution in [2.75, 3.05) is 26.2 Å². The number of aliphatic imine (C=N–C) groups is 1. The summed E-state index contributed by atoms with van der Waals surface area (Å²) in [4.78, 5) is 16.4. The van der Waals surface area contributed by atoms with Crippen molar-refractivity contribution >= 4 is 35.8 Å². The number of aryl methyl sites for hydroxylation is 1. The van der Waals surface area contributed by atoms with Gasteiger partial charge in [0.05, 0.1) is 13.1 Å².